The van der Waals surface area contributed by atoms with Gasteiger partial charge < -0.3 is 24.3 Å². The minimum absolute atomic E-state index is 0.124. The molecule has 1 atom stereocenters. The van der Waals surface area contributed by atoms with Gasteiger partial charge in [-0.05, 0) is 43.1 Å². The number of ether oxygens (including phenoxy) is 4. The molecule has 0 aliphatic carbocycles. The van der Waals surface area contributed by atoms with Crippen LogP contribution in [0.25, 0.3) is 0 Å². The van der Waals surface area contributed by atoms with Crippen LogP contribution in [0, 0.1) is 0 Å². The van der Waals surface area contributed by atoms with Crippen molar-refractivity contribution < 1.29 is 23.7 Å². The predicted octanol–water partition coefficient (Wildman–Crippen LogP) is 4.29. The van der Waals surface area contributed by atoms with E-state index < -0.39 is 0 Å². The maximum Gasteiger partial charge on any atom is 0.238 e. The zero-order chi connectivity index (χ0) is 21.8. The van der Waals surface area contributed by atoms with Crippen molar-refractivity contribution in [1.29, 1.82) is 0 Å². The first-order valence-electron chi connectivity index (χ1n) is 10.4. The SMILES string of the molecule is COc1cc(OC)c(NC(=O)CN2CCCC2c2ccc3c(c2)OCCCO3)cc1Cl. The van der Waals surface area contributed by atoms with Crippen LogP contribution in [0.3, 0.4) is 0 Å². The van der Waals surface area contributed by atoms with Crippen molar-refractivity contribution in [2.24, 2.45) is 0 Å². The van der Waals surface area contributed by atoms with E-state index in [1.807, 2.05) is 12.1 Å². The molecule has 0 spiro atoms. The normalized spacial score (nSPS) is 18.4. The first-order chi connectivity index (χ1) is 15.1. The van der Waals surface area contributed by atoms with Gasteiger partial charge in [-0.1, -0.05) is 17.7 Å². The highest BCUT2D eigenvalue weighted by molar-refractivity contribution is 6.32. The second kappa shape index (κ2) is 9.66. The summed E-state index contributed by atoms with van der Waals surface area (Å²) in [6.45, 7) is 2.44. The van der Waals surface area contributed by atoms with E-state index in [9.17, 15) is 4.79 Å². The Balaban J connectivity index is 1.46. The summed E-state index contributed by atoms with van der Waals surface area (Å²) in [4.78, 5) is 15.0. The lowest BCUT2D eigenvalue weighted by molar-refractivity contribution is -0.117. The maximum atomic E-state index is 12.8. The van der Waals surface area contributed by atoms with Gasteiger partial charge in [0.1, 0.15) is 11.5 Å². The van der Waals surface area contributed by atoms with Crippen molar-refractivity contribution in [2.45, 2.75) is 25.3 Å². The molecule has 2 aliphatic heterocycles. The molecule has 2 heterocycles. The Morgan fingerprint density at radius 1 is 1.10 bits per heavy atom. The number of hydrogen-bond donors (Lipinski definition) is 1. The second-order valence-electron chi connectivity index (χ2n) is 7.62. The van der Waals surface area contributed by atoms with Crippen LogP contribution in [0.4, 0.5) is 5.69 Å². The lowest BCUT2D eigenvalue weighted by Crippen LogP contribution is -2.33. The topological polar surface area (TPSA) is 69.3 Å². The van der Waals surface area contributed by atoms with E-state index in [-0.39, 0.29) is 18.5 Å². The molecule has 0 bridgehead atoms. The van der Waals surface area contributed by atoms with Crippen molar-refractivity contribution in [3.8, 4) is 23.0 Å². The number of hydrogen-bond acceptors (Lipinski definition) is 6. The lowest BCUT2D eigenvalue weighted by atomic mass is 10.0. The summed E-state index contributed by atoms with van der Waals surface area (Å²) in [7, 11) is 3.07. The fourth-order valence-corrected chi connectivity index (χ4v) is 4.35. The standard InChI is InChI=1S/C23H27ClN2O5/c1-28-20-13-21(29-2)17(12-16(20)24)25-23(27)14-26-8-3-5-18(26)15-6-7-19-22(11-15)31-10-4-9-30-19/h6-7,11-13,18H,3-5,8-10,14H2,1-2H3,(H,25,27). The van der Waals surface area contributed by atoms with Crippen LogP contribution >= 0.6 is 11.6 Å². The van der Waals surface area contributed by atoms with Gasteiger partial charge in [-0.15, -0.1) is 0 Å². The smallest absolute Gasteiger partial charge is 0.238 e. The highest BCUT2D eigenvalue weighted by atomic mass is 35.5. The molecule has 8 heteroatoms. The number of halogens is 1. The summed E-state index contributed by atoms with van der Waals surface area (Å²) in [6.07, 6.45) is 2.90. The number of carbonyl (C=O) groups is 1. The van der Waals surface area contributed by atoms with Gasteiger partial charge in [-0.25, -0.2) is 0 Å². The quantitative estimate of drug-likeness (QED) is 0.713. The molecule has 166 valence electrons. The van der Waals surface area contributed by atoms with Gasteiger partial charge in [-0.2, -0.15) is 0 Å². The predicted molar refractivity (Wildman–Crippen MR) is 119 cm³/mol. The molecular formula is C23H27ClN2O5. The molecule has 1 fully saturated rings. The summed E-state index contributed by atoms with van der Waals surface area (Å²) in [6, 6.07) is 9.55. The number of carbonyl (C=O) groups excluding carboxylic acids is 1. The molecule has 7 nitrogen and oxygen atoms in total. The number of methoxy groups -OCH3 is 2. The van der Waals surface area contributed by atoms with Gasteiger partial charge in [0.25, 0.3) is 0 Å². The fraction of sp³-hybridized carbons (Fsp3) is 0.435. The van der Waals surface area contributed by atoms with Crippen LogP contribution in [0.1, 0.15) is 30.9 Å². The summed E-state index contributed by atoms with van der Waals surface area (Å²) in [5.41, 5.74) is 1.66. The molecule has 31 heavy (non-hydrogen) atoms. The monoisotopic (exact) mass is 446 g/mol. The minimum atomic E-state index is -0.124. The van der Waals surface area contributed by atoms with Crippen molar-refractivity contribution in [2.75, 3.05) is 45.8 Å². The van der Waals surface area contributed by atoms with Crippen molar-refractivity contribution in [3.05, 3.63) is 40.9 Å². The first-order valence-corrected chi connectivity index (χ1v) is 10.8. The van der Waals surface area contributed by atoms with Gasteiger partial charge in [-0.3, -0.25) is 9.69 Å². The first kappa shape index (κ1) is 21.6. The third-order valence-corrected chi connectivity index (χ3v) is 5.91. The van der Waals surface area contributed by atoms with Crippen LogP contribution < -0.4 is 24.3 Å². The zero-order valence-electron chi connectivity index (χ0n) is 17.8. The third-order valence-electron chi connectivity index (χ3n) is 5.61. The van der Waals surface area contributed by atoms with E-state index in [0.717, 1.165) is 42.9 Å². The van der Waals surface area contributed by atoms with Gasteiger partial charge >= 0.3 is 0 Å². The van der Waals surface area contributed by atoms with Gasteiger partial charge in [0.15, 0.2) is 11.5 Å². The molecule has 1 unspecified atom stereocenters. The van der Waals surface area contributed by atoms with Crippen LogP contribution in [0.5, 0.6) is 23.0 Å². The average Bonchev–Trinajstić information content (AvgIpc) is 3.09. The molecule has 1 amide bonds. The molecule has 0 aromatic heterocycles. The van der Waals surface area contributed by atoms with Crippen LogP contribution in [0.15, 0.2) is 30.3 Å². The fourth-order valence-electron chi connectivity index (χ4n) is 4.11. The van der Waals surface area contributed by atoms with E-state index in [0.29, 0.717) is 35.4 Å². The van der Waals surface area contributed by atoms with E-state index in [4.69, 9.17) is 30.5 Å². The van der Waals surface area contributed by atoms with E-state index >= 15 is 0 Å². The molecule has 2 aromatic rings. The third kappa shape index (κ3) is 4.83. The molecule has 4 rings (SSSR count). The number of likely N-dealkylation sites (tertiary alicyclic amines) is 1. The highest BCUT2D eigenvalue weighted by Gasteiger charge is 2.29. The Labute approximate surface area is 187 Å². The van der Waals surface area contributed by atoms with Gasteiger partial charge in [0.2, 0.25) is 5.91 Å². The Hall–Kier alpha value is -2.64. The van der Waals surface area contributed by atoms with Gasteiger partial charge in [0, 0.05) is 18.5 Å². The van der Waals surface area contributed by atoms with Crippen LogP contribution in [-0.2, 0) is 4.79 Å². The van der Waals surface area contributed by atoms with Gasteiger partial charge in [0.05, 0.1) is 44.7 Å². The molecule has 0 radical (unpaired) electrons. The largest absolute Gasteiger partial charge is 0.495 e. The van der Waals surface area contributed by atoms with Crippen molar-refractivity contribution in [3.63, 3.8) is 0 Å². The molecular weight excluding hydrogens is 420 g/mol. The summed E-state index contributed by atoms with van der Waals surface area (Å²) < 4.78 is 22.2. The van der Waals surface area contributed by atoms with E-state index in [1.165, 1.54) is 7.11 Å². The molecule has 1 N–H and O–H groups in total. The Morgan fingerprint density at radius 3 is 2.65 bits per heavy atom. The Kier molecular flexibility index (Phi) is 6.73. The number of rotatable bonds is 6. The molecule has 2 aliphatic rings. The zero-order valence-corrected chi connectivity index (χ0v) is 18.5. The average molecular weight is 447 g/mol. The number of nitrogens with one attached hydrogen (secondary N) is 1. The number of anilines is 1. The van der Waals surface area contributed by atoms with E-state index in [1.54, 1.807) is 19.2 Å². The van der Waals surface area contributed by atoms with E-state index in [2.05, 4.69) is 16.3 Å². The number of benzene rings is 2. The molecule has 1 saturated heterocycles. The van der Waals surface area contributed by atoms with Crippen molar-refractivity contribution in [1.82, 2.24) is 4.90 Å². The van der Waals surface area contributed by atoms with Crippen molar-refractivity contribution >= 4 is 23.2 Å². The summed E-state index contributed by atoms with van der Waals surface area (Å²) in [5.74, 6) is 2.43. The summed E-state index contributed by atoms with van der Waals surface area (Å²) in [5, 5.41) is 3.33. The Morgan fingerprint density at radius 2 is 1.87 bits per heavy atom. The number of fused-ring (bicyclic) bond motifs is 1. The highest BCUT2D eigenvalue weighted by Crippen LogP contribution is 2.38. The lowest BCUT2D eigenvalue weighted by Gasteiger charge is -2.25. The number of nitrogens with zero attached hydrogens (tertiary/aromatic N) is 1. The van der Waals surface area contributed by atoms with Crippen LogP contribution in [0.2, 0.25) is 5.02 Å². The summed E-state index contributed by atoms with van der Waals surface area (Å²) >= 11 is 6.22. The maximum absolute atomic E-state index is 12.8. The molecule has 2 aromatic carbocycles. The number of amides is 1. The second-order valence-corrected chi connectivity index (χ2v) is 8.03. The molecule has 0 saturated carbocycles. The van der Waals surface area contributed by atoms with Crippen LogP contribution in [-0.4, -0.2) is 51.3 Å². The Bertz CT molecular complexity index is 952. The minimum Gasteiger partial charge on any atom is -0.495 e.